The van der Waals surface area contributed by atoms with Gasteiger partial charge in [-0.25, -0.2) is 0 Å². The molecule has 1 saturated carbocycles. The van der Waals surface area contributed by atoms with Crippen LogP contribution in [0.4, 0.5) is 5.69 Å². The minimum atomic E-state index is -0.181. The molecule has 1 N–H and O–H groups in total. The van der Waals surface area contributed by atoms with Crippen molar-refractivity contribution in [3.63, 3.8) is 0 Å². The molecule has 1 aliphatic carbocycles. The Kier molecular flexibility index (Phi) is 5.81. The quantitative estimate of drug-likeness (QED) is 0.744. The average Bonchev–Trinajstić information content (AvgIpc) is 3.37. The smallest absolute Gasteiger partial charge is 0.273 e. The molecule has 1 aromatic carbocycles. The zero-order valence-corrected chi connectivity index (χ0v) is 15.7. The Labute approximate surface area is 154 Å². The van der Waals surface area contributed by atoms with Gasteiger partial charge in [-0.05, 0) is 43.0 Å². The highest BCUT2D eigenvalue weighted by atomic mass is 16.5. The highest BCUT2D eigenvalue weighted by Crippen LogP contribution is 2.40. The van der Waals surface area contributed by atoms with Crippen molar-refractivity contribution in [1.29, 1.82) is 0 Å². The first-order chi connectivity index (χ1) is 12.6. The van der Waals surface area contributed by atoms with Gasteiger partial charge < -0.3 is 19.5 Å². The zero-order valence-electron chi connectivity index (χ0n) is 15.7. The molecular formula is C20H27N3O3. The van der Waals surface area contributed by atoms with E-state index in [0.717, 1.165) is 43.1 Å². The molecule has 0 bridgehead atoms. The summed E-state index contributed by atoms with van der Waals surface area (Å²) in [5, 5.41) is 6.83. The van der Waals surface area contributed by atoms with E-state index in [1.807, 2.05) is 24.3 Å². The van der Waals surface area contributed by atoms with Gasteiger partial charge in [0, 0.05) is 37.3 Å². The third-order valence-electron chi connectivity index (χ3n) is 4.43. The second-order valence-corrected chi connectivity index (χ2v) is 7.18. The summed E-state index contributed by atoms with van der Waals surface area (Å²) in [4.78, 5) is 14.5. The number of methoxy groups -OCH3 is 1. The monoisotopic (exact) mass is 357 g/mol. The largest absolute Gasteiger partial charge is 0.497 e. The van der Waals surface area contributed by atoms with Crippen LogP contribution in [0.15, 0.2) is 34.9 Å². The fraction of sp³-hybridized carbons (Fsp3) is 0.500. The first-order valence-corrected chi connectivity index (χ1v) is 9.20. The summed E-state index contributed by atoms with van der Waals surface area (Å²) in [6.45, 7) is 6.55. The van der Waals surface area contributed by atoms with Crippen molar-refractivity contribution in [3.05, 3.63) is 41.8 Å². The number of nitrogens with zero attached hydrogens (tertiary/aromatic N) is 2. The van der Waals surface area contributed by atoms with Gasteiger partial charge in [0.2, 0.25) is 0 Å². The summed E-state index contributed by atoms with van der Waals surface area (Å²) in [5.74, 6) is 2.46. The van der Waals surface area contributed by atoms with Crippen LogP contribution >= 0.6 is 0 Å². The van der Waals surface area contributed by atoms with Gasteiger partial charge in [0.05, 0.1) is 7.11 Å². The third-order valence-corrected chi connectivity index (χ3v) is 4.43. The second-order valence-electron chi connectivity index (χ2n) is 7.18. The maximum Gasteiger partial charge on any atom is 0.273 e. The lowest BCUT2D eigenvalue weighted by Gasteiger charge is -2.27. The maximum atomic E-state index is 12.3. The molecule has 2 aromatic rings. The molecule has 26 heavy (non-hydrogen) atoms. The number of hydrogen-bond acceptors (Lipinski definition) is 5. The number of rotatable bonds is 9. The van der Waals surface area contributed by atoms with Crippen LogP contribution in [-0.4, -0.2) is 37.8 Å². The maximum absolute atomic E-state index is 12.3. The van der Waals surface area contributed by atoms with Gasteiger partial charge in [-0.3, -0.25) is 4.79 Å². The fourth-order valence-corrected chi connectivity index (χ4v) is 2.91. The highest BCUT2D eigenvalue weighted by molar-refractivity contribution is 5.92. The SMILES string of the molecule is COc1ccc(N(CCNC(=O)c2cc(C3CC3)on2)CC(C)C)cc1. The van der Waals surface area contributed by atoms with Crippen molar-refractivity contribution < 1.29 is 14.1 Å². The van der Waals surface area contributed by atoms with E-state index in [0.29, 0.717) is 24.1 Å². The number of anilines is 1. The van der Waals surface area contributed by atoms with Crippen LogP contribution < -0.4 is 15.0 Å². The van der Waals surface area contributed by atoms with Crippen molar-refractivity contribution in [2.45, 2.75) is 32.6 Å². The van der Waals surface area contributed by atoms with Gasteiger partial charge in [-0.2, -0.15) is 0 Å². The Morgan fingerprint density at radius 3 is 2.69 bits per heavy atom. The molecule has 6 nitrogen and oxygen atoms in total. The highest BCUT2D eigenvalue weighted by Gasteiger charge is 2.28. The topological polar surface area (TPSA) is 67.6 Å². The molecule has 6 heteroatoms. The molecule has 1 fully saturated rings. The zero-order chi connectivity index (χ0) is 18.5. The van der Waals surface area contributed by atoms with Crippen molar-refractivity contribution in [1.82, 2.24) is 10.5 Å². The van der Waals surface area contributed by atoms with Crippen LogP contribution in [-0.2, 0) is 0 Å². The minimum Gasteiger partial charge on any atom is -0.497 e. The van der Waals surface area contributed by atoms with E-state index < -0.39 is 0 Å². The number of carbonyl (C=O) groups excluding carboxylic acids is 1. The van der Waals surface area contributed by atoms with Crippen LogP contribution in [0.5, 0.6) is 5.75 Å². The van der Waals surface area contributed by atoms with E-state index in [1.165, 1.54) is 0 Å². The lowest BCUT2D eigenvalue weighted by Crippen LogP contribution is -2.37. The molecule has 1 heterocycles. The van der Waals surface area contributed by atoms with Gasteiger partial charge in [-0.1, -0.05) is 19.0 Å². The summed E-state index contributed by atoms with van der Waals surface area (Å²) in [6, 6.07) is 9.76. The van der Waals surface area contributed by atoms with Crippen LogP contribution in [0.1, 0.15) is 48.9 Å². The molecule has 0 spiro atoms. The first-order valence-electron chi connectivity index (χ1n) is 9.20. The summed E-state index contributed by atoms with van der Waals surface area (Å²) in [6.07, 6.45) is 2.25. The fourth-order valence-electron chi connectivity index (χ4n) is 2.91. The van der Waals surface area contributed by atoms with Crippen molar-refractivity contribution in [2.24, 2.45) is 5.92 Å². The minimum absolute atomic E-state index is 0.181. The summed E-state index contributed by atoms with van der Waals surface area (Å²) in [7, 11) is 1.66. The Balaban J connectivity index is 1.55. The van der Waals surface area contributed by atoms with E-state index in [9.17, 15) is 4.79 Å². The lowest BCUT2D eigenvalue weighted by molar-refractivity contribution is 0.0945. The third kappa shape index (κ3) is 4.77. The van der Waals surface area contributed by atoms with Gasteiger partial charge >= 0.3 is 0 Å². The summed E-state index contributed by atoms with van der Waals surface area (Å²) < 4.78 is 10.5. The van der Waals surface area contributed by atoms with Gasteiger partial charge in [0.25, 0.3) is 5.91 Å². The number of benzene rings is 1. The van der Waals surface area contributed by atoms with E-state index in [4.69, 9.17) is 9.26 Å². The Morgan fingerprint density at radius 2 is 2.08 bits per heavy atom. The van der Waals surface area contributed by atoms with Crippen LogP contribution in [0.3, 0.4) is 0 Å². The summed E-state index contributed by atoms with van der Waals surface area (Å²) in [5.41, 5.74) is 1.48. The van der Waals surface area contributed by atoms with Crippen LogP contribution in [0, 0.1) is 5.92 Å². The van der Waals surface area contributed by atoms with E-state index in [-0.39, 0.29) is 5.91 Å². The standard InChI is InChI=1S/C20H27N3O3/c1-14(2)13-23(16-6-8-17(25-3)9-7-16)11-10-21-20(24)18-12-19(26-22-18)15-4-5-15/h6-9,12,14-15H,4-5,10-11,13H2,1-3H3,(H,21,24). The second kappa shape index (κ2) is 8.25. The van der Waals surface area contributed by atoms with Gasteiger partial charge in [0.1, 0.15) is 11.5 Å². The molecule has 0 saturated heterocycles. The van der Waals surface area contributed by atoms with E-state index in [2.05, 4.69) is 29.2 Å². The summed E-state index contributed by atoms with van der Waals surface area (Å²) >= 11 is 0. The van der Waals surface area contributed by atoms with E-state index >= 15 is 0 Å². The molecular weight excluding hydrogens is 330 g/mol. The van der Waals surface area contributed by atoms with Crippen molar-refractivity contribution in [2.75, 3.05) is 31.6 Å². The molecule has 140 valence electrons. The lowest BCUT2D eigenvalue weighted by atomic mass is 10.2. The average molecular weight is 357 g/mol. The predicted molar refractivity (Wildman–Crippen MR) is 101 cm³/mol. The van der Waals surface area contributed by atoms with Crippen molar-refractivity contribution in [3.8, 4) is 5.75 Å². The van der Waals surface area contributed by atoms with Gasteiger partial charge in [-0.15, -0.1) is 0 Å². The van der Waals surface area contributed by atoms with E-state index in [1.54, 1.807) is 13.2 Å². The number of aromatic nitrogens is 1. The molecule has 0 aliphatic heterocycles. The molecule has 0 atom stereocenters. The Hall–Kier alpha value is -2.50. The molecule has 0 unspecified atom stereocenters. The normalized spacial score (nSPS) is 13.7. The molecule has 0 radical (unpaired) electrons. The Morgan fingerprint density at radius 1 is 1.35 bits per heavy atom. The molecule has 1 aromatic heterocycles. The molecule has 1 amide bonds. The number of amides is 1. The van der Waals surface area contributed by atoms with Crippen LogP contribution in [0.2, 0.25) is 0 Å². The Bertz CT molecular complexity index is 720. The molecule has 1 aliphatic rings. The van der Waals surface area contributed by atoms with Crippen LogP contribution in [0.25, 0.3) is 0 Å². The van der Waals surface area contributed by atoms with Crippen molar-refractivity contribution >= 4 is 11.6 Å². The predicted octanol–water partition coefficient (Wildman–Crippen LogP) is 3.45. The number of ether oxygens (including phenoxy) is 1. The number of nitrogens with one attached hydrogen (secondary N) is 1. The first kappa shape index (κ1) is 18.3. The number of carbonyl (C=O) groups is 1. The number of hydrogen-bond donors (Lipinski definition) is 1. The van der Waals surface area contributed by atoms with Gasteiger partial charge in [0.15, 0.2) is 5.69 Å². The molecule has 3 rings (SSSR count).